The van der Waals surface area contributed by atoms with Gasteiger partial charge in [-0.2, -0.15) is 0 Å². The monoisotopic (exact) mass is 328 g/mol. The number of carbonyl (C=O) groups is 2. The first-order chi connectivity index (χ1) is 8.88. The van der Waals surface area contributed by atoms with Crippen LogP contribution in [0.4, 0.5) is 0 Å². The molecule has 0 aromatic heterocycles. The number of carbonyl (C=O) groups excluding carboxylic acids is 2. The zero-order valence-corrected chi connectivity index (χ0v) is 12.5. The summed E-state index contributed by atoms with van der Waals surface area (Å²) in [4.78, 5) is 22.5. The van der Waals surface area contributed by atoms with Crippen LogP contribution in [0.2, 0.25) is 0 Å². The number of primary amides is 1. The molecule has 0 heterocycles. The first-order valence-corrected chi connectivity index (χ1v) is 6.71. The van der Waals surface area contributed by atoms with Crippen LogP contribution in [0.1, 0.15) is 30.6 Å². The van der Waals surface area contributed by atoms with Gasteiger partial charge in [-0.25, -0.2) is 0 Å². The minimum absolute atomic E-state index is 0.0278. The highest BCUT2D eigenvalue weighted by Crippen LogP contribution is 2.22. The number of rotatable bonds is 6. The van der Waals surface area contributed by atoms with Gasteiger partial charge in [0.05, 0.1) is 6.10 Å². The quantitative estimate of drug-likeness (QED) is 0.836. The minimum Gasteiger partial charge on any atom is -0.491 e. The van der Waals surface area contributed by atoms with Crippen molar-refractivity contribution >= 4 is 27.7 Å². The fraction of sp³-hybridized carbons (Fsp3) is 0.385. The lowest BCUT2D eigenvalue weighted by Gasteiger charge is -2.12. The maximum absolute atomic E-state index is 11.9. The molecule has 0 aliphatic rings. The summed E-state index contributed by atoms with van der Waals surface area (Å²) in [7, 11) is 0. The second-order valence-corrected chi connectivity index (χ2v) is 5.23. The minimum atomic E-state index is -0.446. The maximum Gasteiger partial charge on any atom is 0.251 e. The third-order valence-electron chi connectivity index (χ3n) is 2.16. The Balaban J connectivity index is 2.73. The van der Waals surface area contributed by atoms with Crippen LogP contribution in [0.5, 0.6) is 5.75 Å². The fourth-order valence-electron chi connectivity index (χ4n) is 1.44. The fourth-order valence-corrected chi connectivity index (χ4v) is 1.91. The summed E-state index contributed by atoms with van der Waals surface area (Å²) in [5.74, 6) is -0.0982. The first kappa shape index (κ1) is 15.5. The lowest BCUT2D eigenvalue weighted by molar-refractivity contribution is -0.117. The molecule has 1 aromatic rings. The molecule has 0 aliphatic carbocycles. The highest BCUT2D eigenvalue weighted by atomic mass is 79.9. The highest BCUT2D eigenvalue weighted by molar-refractivity contribution is 9.10. The third-order valence-corrected chi connectivity index (χ3v) is 2.62. The second-order valence-electron chi connectivity index (χ2n) is 4.31. The SMILES string of the molecule is CC(C)Oc1cc(Br)cc(C(=O)NCCC(N)=O)c1. The van der Waals surface area contributed by atoms with Gasteiger partial charge in [0.1, 0.15) is 5.75 Å². The van der Waals surface area contributed by atoms with E-state index in [0.29, 0.717) is 11.3 Å². The Kier molecular flexibility index (Phi) is 5.82. The molecule has 0 spiro atoms. The molecule has 0 saturated carbocycles. The zero-order valence-electron chi connectivity index (χ0n) is 10.9. The predicted octanol–water partition coefficient (Wildman–Crippen LogP) is 1.84. The van der Waals surface area contributed by atoms with Crippen molar-refractivity contribution in [2.24, 2.45) is 5.73 Å². The predicted molar refractivity (Wildman–Crippen MR) is 76.1 cm³/mol. The Labute approximate surface area is 120 Å². The molecule has 0 unspecified atom stereocenters. The van der Waals surface area contributed by atoms with Crippen molar-refractivity contribution in [2.75, 3.05) is 6.54 Å². The third kappa shape index (κ3) is 5.74. The number of benzene rings is 1. The molecule has 0 saturated heterocycles. The van der Waals surface area contributed by atoms with Crippen LogP contribution < -0.4 is 15.8 Å². The van der Waals surface area contributed by atoms with Crippen molar-refractivity contribution in [2.45, 2.75) is 26.4 Å². The number of amides is 2. The summed E-state index contributed by atoms with van der Waals surface area (Å²) >= 11 is 3.33. The molecule has 2 amide bonds. The Morgan fingerprint density at radius 3 is 2.63 bits per heavy atom. The molecule has 6 heteroatoms. The normalized spacial score (nSPS) is 10.3. The molecule has 0 radical (unpaired) electrons. The van der Waals surface area contributed by atoms with Gasteiger partial charge in [-0.3, -0.25) is 9.59 Å². The Morgan fingerprint density at radius 2 is 2.05 bits per heavy atom. The van der Waals surface area contributed by atoms with Crippen LogP contribution in [0.25, 0.3) is 0 Å². The van der Waals surface area contributed by atoms with E-state index in [1.807, 2.05) is 13.8 Å². The van der Waals surface area contributed by atoms with E-state index in [2.05, 4.69) is 21.2 Å². The Hall–Kier alpha value is -1.56. The topological polar surface area (TPSA) is 81.4 Å². The molecule has 0 bridgehead atoms. The highest BCUT2D eigenvalue weighted by Gasteiger charge is 2.09. The van der Waals surface area contributed by atoms with Gasteiger partial charge >= 0.3 is 0 Å². The van der Waals surface area contributed by atoms with E-state index in [1.165, 1.54) is 0 Å². The van der Waals surface area contributed by atoms with Crippen molar-refractivity contribution in [1.82, 2.24) is 5.32 Å². The summed E-state index contributed by atoms with van der Waals surface area (Å²) in [5.41, 5.74) is 5.47. The molecule has 0 fully saturated rings. The average molecular weight is 329 g/mol. The van der Waals surface area contributed by atoms with Crippen molar-refractivity contribution in [3.8, 4) is 5.75 Å². The molecular weight excluding hydrogens is 312 g/mol. The maximum atomic E-state index is 11.9. The summed E-state index contributed by atoms with van der Waals surface area (Å²) in [6.45, 7) is 4.04. The smallest absolute Gasteiger partial charge is 0.251 e. The summed E-state index contributed by atoms with van der Waals surface area (Å²) in [5, 5.41) is 2.62. The largest absolute Gasteiger partial charge is 0.491 e. The number of hydrogen-bond acceptors (Lipinski definition) is 3. The van der Waals surface area contributed by atoms with E-state index in [1.54, 1.807) is 18.2 Å². The molecule has 19 heavy (non-hydrogen) atoms. The van der Waals surface area contributed by atoms with Crippen molar-refractivity contribution in [1.29, 1.82) is 0 Å². The standard InChI is InChI=1S/C13H17BrN2O3/c1-8(2)19-11-6-9(5-10(14)7-11)13(18)16-4-3-12(15)17/h5-8H,3-4H2,1-2H3,(H2,15,17)(H,16,18). The number of nitrogens with two attached hydrogens (primary N) is 1. The van der Waals surface area contributed by atoms with Crippen LogP contribution in [0.15, 0.2) is 22.7 Å². The van der Waals surface area contributed by atoms with Gasteiger partial charge in [0, 0.05) is 23.0 Å². The number of hydrogen-bond donors (Lipinski definition) is 2. The van der Waals surface area contributed by atoms with Crippen molar-refractivity contribution in [3.63, 3.8) is 0 Å². The van der Waals surface area contributed by atoms with E-state index in [-0.39, 0.29) is 25.0 Å². The molecule has 0 aliphatic heterocycles. The first-order valence-electron chi connectivity index (χ1n) is 5.92. The molecule has 3 N–H and O–H groups in total. The van der Waals surface area contributed by atoms with Gasteiger partial charge in [-0.1, -0.05) is 15.9 Å². The second kappa shape index (κ2) is 7.13. The Bertz CT molecular complexity index is 475. The van der Waals surface area contributed by atoms with E-state index in [4.69, 9.17) is 10.5 Å². The van der Waals surface area contributed by atoms with E-state index >= 15 is 0 Å². The summed E-state index contributed by atoms with van der Waals surface area (Å²) in [6, 6.07) is 5.14. The van der Waals surface area contributed by atoms with Crippen LogP contribution in [0.3, 0.4) is 0 Å². The van der Waals surface area contributed by atoms with Crippen LogP contribution in [-0.4, -0.2) is 24.5 Å². The van der Waals surface area contributed by atoms with Crippen LogP contribution in [0, 0.1) is 0 Å². The summed E-state index contributed by atoms with van der Waals surface area (Å²) in [6.07, 6.45) is 0.148. The van der Waals surface area contributed by atoms with Gasteiger partial charge in [0.15, 0.2) is 0 Å². The van der Waals surface area contributed by atoms with Gasteiger partial charge in [-0.15, -0.1) is 0 Å². The lowest BCUT2D eigenvalue weighted by Crippen LogP contribution is -2.27. The molecule has 1 aromatic carbocycles. The summed E-state index contributed by atoms with van der Waals surface area (Å²) < 4.78 is 6.30. The van der Waals surface area contributed by atoms with E-state index in [9.17, 15) is 9.59 Å². The van der Waals surface area contributed by atoms with Gasteiger partial charge in [-0.05, 0) is 32.0 Å². The van der Waals surface area contributed by atoms with E-state index in [0.717, 1.165) is 4.47 Å². The number of halogens is 1. The van der Waals surface area contributed by atoms with Crippen LogP contribution in [-0.2, 0) is 4.79 Å². The average Bonchev–Trinajstić information content (AvgIpc) is 2.26. The Morgan fingerprint density at radius 1 is 1.37 bits per heavy atom. The molecular formula is C13H17BrN2O3. The van der Waals surface area contributed by atoms with Crippen molar-refractivity contribution < 1.29 is 14.3 Å². The van der Waals surface area contributed by atoms with Crippen LogP contribution >= 0.6 is 15.9 Å². The van der Waals surface area contributed by atoms with Gasteiger partial charge in [0.25, 0.3) is 5.91 Å². The number of nitrogens with one attached hydrogen (secondary N) is 1. The van der Waals surface area contributed by atoms with E-state index < -0.39 is 5.91 Å². The lowest BCUT2D eigenvalue weighted by atomic mass is 10.2. The molecule has 5 nitrogen and oxygen atoms in total. The van der Waals surface area contributed by atoms with Gasteiger partial charge in [0.2, 0.25) is 5.91 Å². The van der Waals surface area contributed by atoms with Crippen molar-refractivity contribution in [3.05, 3.63) is 28.2 Å². The van der Waals surface area contributed by atoms with Gasteiger partial charge < -0.3 is 15.8 Å². The molecule has 0 atom stereocenters. The zero-order chi connectivity index (χ0) is 14.4. The molecule has 104 valence electrons. The number of ether oxygens (including phenoxy) is 1. The molecule has 1 rings (SSSR count).